The average molecular weight is 346 g/mol. The van der Waals surface area contributed by atoms with E-state index in [2.05, 4.69) is 15.3 Å². The van der Waals surface area contributed by atoms with Crippen LogP contribution in [-0.2, 0) is 13.1 Å². The first-order valence-electron chi connectivity index (χ1n) is 8.51. The fourth-order valence-corrected chi connectivity index (χ4v) is 2.75. The van der Waals surface area contributed by atoms with Gasteiger partial charge in [0.2, 0.25) is 0 Å². The molecule has 0 aliphatic carbocycles. The average Bonchev–Trinajstić information content (AvgIpc) is 2.67. The molecule has 0 radical (unpaired) electrons. The van der Waals surface area contributed by atoms with E-state index in [9.17, 15) is 4.79 Å². The van der Waals surface area contributed by atoms with Gasteiger partial charge in [0.15, 0.2) is 0 Å². The van der Waals surface area contributed by atoms with Crippen LogP contribution in [-0.4, -0.2) is 15.9 Å². The lowest BCUT2D eigenvalue weighted by molar-refractivity contribution is 0.0951. The third-order valence-electron chi connectivity index (χ3n) is 4.27. The van der Waals surface area contributed by atoms with Crippen LogP contribution in [0, 0.1) is 13.8 Å². The van der Waals surface area contributed by atoms with E-state index in [-0.39, 0.29) is 5.91 Å². The molecule has 0 bridgehead atoms. The van der Waals surface area contributed by atoms with E-state index in [1.165, 1.54) is 0 Å². The summed E-state index contributed by atoms with van der Waals surface area (Å²) in [5.74, 6) is -0.135. The minimum absolute atomic E-state index is 0.135. The molecule has 5 nitrogen and oxygen atoms in total. The van der Waals surface area contributed by atoms with Crippen LogP contribution in [0.1, 0.15) is 32.7 Å². The van der Waals surface area contributed by atoms with Gasteiger partial charge < -0.3 is 11.1 Å². The minimum Gasteiger partial charge on any atom is -0.348 e. The van der Waals surface area contributed by atoms with Crippen molar-refractivity contribution in [1.82, 2.24) is 15.3 Å². The Morgan fingerprint density at radius 2 is 1.92 bits per heavy atom. The molecule has 1 amide bonds. The van der Waals surface area contributed by atoms with E-state index >= 15 is 0 Å². The molecule has 0 spiro atoms. The standard InChI is InChI=1S/C21H22N4O/c1-14-5-6-23-13-20(14)18-7-17(10-22)8-19(9-18)21(26)25-12-16-4-3-15(2)24-11-16/h3-9,11,13H,10,12,22H2,1-2H3,(H,25,26). The Hall–Kier alpha value is -3.05. The molecule has 0 saturated carbocycles. The van der Waals surface area contributed by atoms with Gasteiger partial charge in [-0.25, -0.2) is 0 Å². The van der Waals surface area contributed by atoms with Crippen LogP contribution in [0.5, 0.6) is 0 Å². The van der Waals surface area contributed by atoms with Crippen LogP contribution >= 0.6 is 0 Å². The molecule has 26 heavy (non-hydrogen) atoms. The fraction of sp³-hybridized carbons (Fsp3) is 0.190. The number of amides is 1. The number of aromatic nitrogens is 2. The van der Waals surface area contributed by atoms with Gasteiger partial charge in [-0.15, -0.1) is 0 Å². The smallest absolute Gasteiger partial charge is 0.251 e. The Morgan fingerprint density at radius 1 is 1.08 bits per heavy atom. The maximum absolute atomic E-state index is 12.6. The fourth-order valence-electron chi connectivity index (χ4n) is 2.75. The van der Waals surface area contributed by atoms with E-state index < -0.39 is 0 Å². The molecule has 1 aromatic carbocycles. The highest BCUT2D eigenvalue weighted by Crippen LogP contribution is 2.25. The van der Waals surface area contributed by atoms with E-state index in [0.29, 0.717) is 18.7 Å². The monoisotopic (exact) mass is 346 g/mol. The van der Waals surface area contributed by atoms with Crippen molar-refractivity contribution in [2.45, 2.75) is 26.9 Å². The zero-order valence-electron chi connectivity index (χ0n) is 15.0. The number of nitrogens with one attached hydrogen (secondary N) is 1. The van der Waals surface area contributed by atoms with Crippen molar-refractivity contribution < 1.29 is 4.79 Å². The molecular weight excluding hydrogens is 324 g/mol. The second-order valence-electron chi connectivity index (χ2n) is 6.30. The van der Waals surface area contributed by atoms with Gasteiger partial charge in [-0.3, -0.25) is 14.8 Å². The molecule has 2 aromatic heterocycles. The number of nitrogens with zero attached hydrogens (tertiary/aromatic N) is 2. The number of benzene rings is 1. The number of pyridine rings is 2. The zero-order chi connectivity index (χ0) is 18.5. The van der Waals surface area contributed by atoms with Gasteiger partial charge in [-0.05, 0) is 66.4 Å². The van der Waals surface area contributed by atoms with Crippen molar-refractivity contribution in [2.75, 3.05) is 0 Å². The third-order valence-corrected chi connectivity index (χ3v) is 4.27. The van der Waals surface area contributed by atoms with Gasteiger partial charge in [0.25, 0.3) is 5.91 Å². The maximum Gasteiger partial charge on any atom is 0.251 e. The molecule has 3 aromatic rings. The van der Waals surface area contributed by atoms with Crippen LogP contribution in [0.25, 0.3) is 11.1 Å². The predicted molar refractivity (Wildman–Crippen MR) is 102 cm³/mol. The summed E-state index contributed by atoms with van der Waals surface area (Å²) in [6.07, 6.45) is 5.34. The highest BCUT2D eigenvalue weighted by Gasteiger charge is 2.11. The van der Waals surface area contributed by atoms with Crippen LogP contribution < -0.4 is 11.1 Å². The van der Waals surface area contributed by atoms with Gasteiger partial charge in [-0.1, -0.05) is 6.07 Å². The molecule has 0 unspecified atom stereocenters. The largest absolute Gasteiger partial charge is 0.348 e. The summed E-state index contributed by atoms with van der Waals surface area (Å²) in [4.78, 5) is 21.1. The minimum atomic E-state index is -0.135. The normalized spacial score (nSPS) is 10.6. The lowest BCUT2D eigenvalue weighted by Crippen LogP contribution is -2.23. The van der Waals surface area contributed by atoms with Crippen LogP contribution in [0.15, 0.2) is 55.0 Å². The van der Waals surface area contributed by atoms with Crippen molar-refractivity contribution in [2.24, 2.45) is 5.73 Å². The number of hydrogen-bond donors (Lipinski definition) is 2. The van der Waals surface area contributed by atoms with E-state index in [0.717, 1.165) is 33.5 Å². The number of carbonyl (C=O) groups is 1. The number of rotatable bonds is 5. The lowest BCUT2D eigenvalue weighted by Gasteiger charge is -2.11. The summed E-state index contributed by atoms with van der Waals surface area (Å²) in [7, 11) is 0. The predicted octanol–water partition coefficient (Wildman–Crippen LogP) is 3.15. The molecule has 132 valence electrons. The molecule has 3 N–H and O–H groups in total. The zero-order valence-corrected chi connectivity index (χ0v) is 15.0. The second kappa shape index (κ2) is 7.89. The van der Waals surface area contributed by atoms with Gasteiger partial charge in [0.1, 0.15) is 0 Å². The van der Waals surface area contributed by atoms with Crippen molar-refractivity contribution in [3.8, 4) is 11.1 Å². The van der Waals surface area contributed by atoms with E-state index in [4.69, 9.17) is 5.73 Å². The highest BCUT2D eigenvalue weighted by atomic mass is 16.1. The summed E-state index contributed by atoms with van der Waals surface area (Å²) >= 11 is 0. The first-order chi connectivity index (χ1) is 12.6. The highest BCUT2D eigenvalue weighted by molar-refractivity contribution is 5.95. The maximum atomic E-state index is 12.6. The van der Waals surface area contributed by atoms with Crippen molar-refractivity contribution in [3.05, 3.63) is 82.9 Å². The molecule has 5 heteroatoms. The van der Waals surface area contributed by atoms with Crippen molar-refractivity contribution in [3.63, 3.8) is 0 Å². The van der Waals surface area contributed by atoms with Gasteiger partial charge in [0.05, 0.1) is 0 Å². The number of hydrogen-bond acceptors (Lipinski definition) is 4. The number of carbonyl (C=O) groups excluding carboxylic acids is 1. The number of aryl methyl sites for hydroxylation is 2. The molecule has 0 aliphatic heterocycles. The third kappa shape index (κ3) is 4.13. The summed E-state index contributed by atoms with van der Waals surface area (Å²) in [6.45, 7) is 4.76. The van der Waals surface area contributed by atoms with E-state index in [1.807, 2.05) is 56.4 Å². The Labute approximate surface area is 153 Å². The molecule has 0 atom stereocenters. The molecular formula is C21H22N4O. The second-order valence-corrected chi connectivity index (χ2v) is 6.30. The van der Waals surface area contributed by atoms with Gasteiger partial charge >= 0.3 is 0 Å². The van der Waals surface area contributed by atoms with Gasteiger partial charge in [-0.2, -0.15) is 0 Å². The van der Waals surface area contributed by atoms with Crippen molar-refractivity contribution in [1.29, 1.82) is 0 Å². The SMILES string of the molecule is Cc1ccc(CNC(=O)c2cc(CN)cc(-c3cnccc3C)c2)cn1. The van der Waals surface area contributed by atoms with Crippen LogP contribution in [0.2, 0.25) is 0 Å². The van der Waals surface area contributed by atoms with Gasteiger partial charge in [0, 0.05) is 48.5 Å². The lowest BCUT2D eigenvalue weighted by atomic mass is 9.97. The summed E-state index contributed by atoms with van der Waals surface area (Å²) in [5.41, 5.74) is 12.3. The number of nitrogens with two attached hydrogens (primary N) is 1. The van der Waals surface area contributed by atoms with E-state index in [1.54, 1.807) is 12.4 Å². The molecule has 0 fully saturated rings. The Balaban J connectivity index is 1.84. The molecule has 0 saturated heterocycles. The Morgan fingerprint density at radius 3 is 2.62 bits per heavy atom. The Kier molecular flexibility index (Phi) is 5.39. The molecule has 0 aliphatic rings. The molecule has 3 rings (SSSR count). The summed E-state index contributed by atoms with van der Waals surface area (Å²) in [6, 6.07) is 11.6. The first-order valence-corrected chi connectivity index (χ1v) is 8.51. The van der Waals surface area contributed by atoms with Crippen LogP contribution in [0.4, 0.5) is 0 Å². The summed E-state index contributed by atoms with van der Waals surface area (Å²) < 4.78 is 0. The van der Waals surface area contributed by atoms with Crippen LogP contribution in [0.3, 0.4) is 0 Å². The van der Waals surface area contributed by atoms with Crippen molar-refractivity contribution >= 4 is 5.91 Å². The summed E-state index contributed by atoms with van der Waals surface area (Å²) in [5, 5.41) is 2.94. The molecule has 2 heterocycles. The Bertz CT molecular complexity index is 920. The topological polar surface area (TPSA) is 80.9 Å². The quantitative estimate of drug-likeness (QED) is 0.744. The first kappa shape index (κ1) is 17.8.